The van der Waals surface area contributed by atoms with Crippen molar-refractivity contribution in [3.05, 3.63) is 120 Å². The lowest BCUT2D eigenvalue weighted by Gasteiger charge is -2.08. The Kier molecular flexibility index (Phi) is 10.2. The Morgan fingerprint density at radius 2 is 0.875 bits per heavy atom. The van der Waals surface area contributed by atoms with Crippen molar-refractivity contribution < 1.29 is 28.1 Å². The fourth-order valence-electron chi connectivity index (χ4n) is 5.44. The minimum absolute atomic E-state index is 0.586. The second-order valence-corrected chi connectivity index (χ2v) is 11.4. The molecule has 0 bridgehead atoms. The first-order valence-electron chi connectivity index (χ1n) is 15.7. The Morgan fingerprint density at radius 3 is 1.21 bits per heavy atom. The summed E-state index contributed by atoms with van der Waals surface area (Å²) >= 11 is 0. The van der Waals surface area contributed by atoms with E-state index in [-0.39, 0.29) is 0 Å². The highest BCUT2D eigenvalue weighted by molar-refractivity contribution is 5.61. The molecule has 0 N–H and O–H groups in total. The Balaban J connectivity index is 0.980. The number of aryl methyl sites for hydroxylation is 4. The number of methoxy groups -OCH3 is 4. The van der Waals surface area contributed by atoms with Gasteiger partial charge in [0.1, 0.15) is 23.0 Å². The van der Waals surface area contributed by atoms with Crippen LogP contribution >= 0.6 is 0 Å². The lowest BCUT2D eigenvalue weighted by molar-refractivity contribution is -0.696. The molecule has 0 saturated heterocycles. The Bertz CT molecular complexity index is 1750. The lowest BCUT2D eigenvalue weighted by Crippen LogP contribution is -2.34. The number of hydrogen-bond acceptors (Lipinski definition) is 8. The monoisotopic (exact) mass is 648 g/mol. The summed E-state index contributed by atoms with van der Waals surface area (Å²) < 4.78 is 29.5. The molecule has 6 rings (SSSR count). The number of rotatable bonds is 15. The van der Waals surface area contributed by atoms with Crippen LogP contribution in [0.3, 0.4) is 0 Å². The summed E-state index contributed by atoms with van der Waals surface area (Å²) in [5, 5.41) is 17.4. The van der Waals surface area contributed by atoms with E-state index in [9.17, 15) is 0 Å². The Hall–Kier alpha value is -5.78. The van der Waals surface area contributed by atoms with Gasteiger partial charge in [-0.15, -0.1) is 10.2 Å². The van der Waals surface area contributed by atoms with Gasteiger partial charge in [-0.05, 0) is 46.5 Å². The molecular weight excluding hydrogens is 608 g/mol. The van der Waals surface area contributed by atoms with Crippen LogP contribution in [-0.4, -0.2) is 58.4 Å². The molecule has 4 aromatic heterocycles. The maximum absolute atomic E-state index is 5.38. The molecule has 0 aliphatic carbocycles. The van der Waals surface area contributed by atoms with Gasteiger partial charge in [0.05, 0.1) is 65.8 Å². The summed E-state index contributed by atoms with van der Waals surface area (Å²) in [5.74, 6) is 3.00. The normalized spacial score (nSPS) is 11.0. The van der Waals surface area contributed by atoms with Crippen LogP contribution < -0.4 is 28.1 Å². The molecule has 12 heteroatoms. The molecule has 0 saturated carbocycles. The zero-order chi connectivity index (χ0) is 33.3. The average molecular weight is 649 g/mol. The van der Waals surface area contributed by atoms with E-state index in [1.807, 2.05) is 58.2 Å². The van der Waals surface area contributed by atoms with Gasteiger partial charge in [0.2, 0.25) is 0 Å². The molecule has 6 aromatic rings. The molecule has 0 radical (unpaired) electrons. The van der Waals surface area contributed by atoms with Crippen LogP contribution in [0.15, 0.2) is 97.8 Å². The van der Waals surface area contributed by atoms with Gasteiger partial charge in [-0.25, -0.2) is 18.5 Å². The summed E-state index contributed by atoms with van der Waals surface area (Å²) in [6.45, 7) is 2.78. The smallest absolute Gasteiger partial charge is 0.169 e. The van der Waals surface area contributed by atoms with Gasteiger partial charge in [0.25, 0.3) is 0 Å². The van der Waals surface area contributed by atoms with Crippen molar-refractivity contribution >= 4 is 0 Å². The van der Waals surface area contributed by atoms with Crippen LogP contribution in [0.2, 0.25) is 0 Å². The van der Waals surface area contributed by atoms with Crippen molar-refractivity contribution in [2.24, 2.45) is 0 Å². The number of pyridine rings is 2. The number of nitrogens with zero attached hydrogens (tertiary/aromatic N) is 8. The molecule has 0 fully saturated rings. The molecule has 0 unspecified atom stereocenters. The van der Waals surface area contributed by atoms with Crippen molar-refractivity contribution in [1.82, 2.24) is 30.0 Å². The Morgan fingerprint density at radius 1 is 0.521 bits per heavy atom. The third-order valence-corrected chi connectivity index (χ3v) is 8.05. The van der Waals surface area contributed by atoms with E-state index in [0.717, 1.165) is 82.6 Å². The second-order valence-electron chi connectivity index (χ2n) is 11.4. The first-order valence-corrected chi connectivity index (χ1v) is 15.7. The third kappa shape index (κ3) is 8.32. The Labute approximate surface area is 279 Å². The number of hydrogen-bond donors (Lipinski definition) is 0. The first kappa shape index (κ1) is 32.2. The van der Waals surface area contributed by atoms with Gasteiger partial charge in [-0.2, -0.15) is 0 Å². The summed E-state index contributed by atoms with van der Waals surface area (Å²) in [7, 11) is 6.59. The van der Waals surface area contributed by atoms with Crippen LogP contribution in [0.4, 0.5) is 0 Å². The maximum atomic E-state index is 5.38. The molecule has 246 valence electrons. The van der Waals surface area contributed by atoms with Crippen molar-refractivity contribution in [3.8, 4) is 34.1 Å². The summed E-state index contributed by atoms with van der Waals surface area (Å²) in [4.78, 5) is 0. The van der Waals surface area contributed by atoms with Gasteiger partial charge in [-0.3, -0.25) is 0 Å². The lowest BCUT2D eigenvalue weighted by atomic mass is 10.1. The molecule has 0 aliphatic rings. The van der Waals surface area contributed by atoms with Crippen molar-refractivity contribution in [1.29, 1.82) is 0 Å². The van der Waals surface area contributed by atoms with Gasteiger partial charge in [0.15, 0.2) is 37.9 Å². The fraction of sp³-hybridized carbons (Fsp3) is 0.278. The van der Waals surface area contributed by atoms with Crippen LogP contribution in [0, 0.1) is 0 Å². The molecular formula is C36H40N8O4+2. The topological polar surface area (TPSA) is 106 Å². The molecule has 0 aliphatic heterocycles. The molecule has 2 aromatic carbocycles. The predicted octanol–water partition coefficient (Wildman–Crippen LogP) is 3.73. The molecule has 0 spiro atoms. The van der Waals surface area contributed by atoms with Crippen LogP contribution in [0.5, 0.6) is 23.0 Å². The number of aromatic nitrogens is 8. The van der Waals surface area contributed by atoms with Crippen LogP contribution in [0.1, 0.15) is 22.5 Å². The van der Waals surface area contributed by atoms with E-state index in [2.05, 4.69) is 78.8 Å². The maximum Gasteiger partial charge on any atom is 0.169 e. The highest BCUT2D eigenvalue weighted by atomic mass is 16.5. The SMILES string of the molecule is COc1cc(Cn2cc(CC[n+]3ccc(-c4cc[n+](CCc5cn(Cc6cc(OC)cc(OC)c6)nn5)cc4)cc3)nn2)cc(OC)c1. The summed E-state index contributed by atoms with van der Waals surface area (Å²) in [5.41, 5.74) is 6.27. The first-order chi connectivity index (χ1) is 23.5. The highest BCUT2D eigenvalue weighted by Gasteiger charge is 2.11. The zero-order valence-corrected chi connectivity index (χ0v) is 27.7. The van der Waals surface area contributed by atoms with E-state index in [0.29, 0.717) is 13.1 Å². The van der Waals surface area contributed by atoms with E-state index in [1.165, 1.54) is 0 Å². The molecule has 4 heterocycles. The summed E-state index contributed by atoms with van der Waals surface area (Å²) in [6.07, 6.45) is 14.0. The van der Waals surface area contributed by atoms with Crippen LogP contribution in [-0.2, 0) is 39.0 Å². The van der Waals surface area contributed by atoms with E-state index < -0.39 is 0 Å². The molecule has 0 atom stereocenters. The number of benzene rings is 2. The molecule has 0 amide bonds. The van der Waals surface area contributed by atoms with E-state index >= 15 is 0 Å². The van der Waals surface area contributed by atoms with Gasteiger partial charge < -0.3 is 18.9 Å². The summed E-state index contributed by atoms with van der Waals surface area (Å²) in [6, 6.07) is 20.2. The third-order valence-electron chi connectivity index (χ3n) is 8.05. The standard InChI is InChI=1S/C36H40N8O4/c1-45-33-17-27(18-34(21-33)46-2)23-43-25-31(37-39-43)9-15-41-11-5-29(6-12-41)30-7-13-42(14-8-30)16-10-32-26-44(40-38-32)24-28-19-35(47-3)22-36(20-28)48-4/h5-8,11-14,17-22,25-26H,9-10,15-16,23-24H2,1-4H3/q+2. The van der Waals surface area contributed by atoms with E-state index in [4.69, 9.17) is 18.9 Å². The van der Waals surface area contributed by atoms with Gasteiger partial charge in [0, 0.05) is 48.8 Å². The van der Waals surface area contributed by atoms with Crippen molar-refractivity contribution in [2.45, 2.75) is 39.0 Å². The predicted molar refractivity (Wildman–Crippen MR) is 177 cm³/mol. The van der Waals surface area contributed by atoms with Crippen molar-refractivity contribution in [3.63, 3.8) is 0 Å². The quantitative estimate of drug-likeness (QED) is 0.155. The molecule has 48 heavy (non-hydrogen) atoms. The van der Waals surface area contributed by atoms with Crippen molar-refractivity contribution in [2.75, 3.05) is 28.4 Å². The van der Waals surface area contributed by atoms with Gasteiger partial charge in [-0.1, -0.05) is 10.4 Å². The van der Waals surface area contributed by atoms with Gasteiger partial charge >= 0.3 is 0 Å². The second kappa shape index (κ2) is 15.2. The largest absolute Gasteiger partial charge is 0.497 e. The van der Waals surface area contributed by atoms with E-state index in [1.54, 1.807) is 28.4 Å². The minimum atomic E-state index is 0.586. The van der Waals surface area contributed by atoms with Crippen LogP contribution in [0.25, 0.3) is 11.1 Å². The zero-order valence-electron chi connectivity index (χ0n) is 27.7. The minimum Gasteiger partial charge on any atom is -0.497 e. The fourth-order valence-corrected chi connectivity index (χ4v) is 5.44. The number of ether oxygens (including phenoxy) is 4. The average Bonchev–Trinajstić information content (AvgIpc) is 3.78. The highest BCUT2D eigenvalue weighted by Crippen LogP contribution is 2.24. The molecule has 12 nitrogen and oxygen atoms in total.